The van der Waals surface area contributed by atoms with Gasteiger partial charge < -0.3 is 4.74 Å². The van der Waals surface area contributed by atoms with Gasteiger partial charge in [-0.3, -0.25) is 4.79 Å². The van der Waals surface area contributed by atoms with Crippen LogP contribution in [0.1, 0.15) is 0 Å². The fraction of sp³-hybridized carbons (Fsp3) is 0.118. The van der Waals surface area contributed by atoms with E-state index in [9.17, 15) is 13.2 Å². The van der Waals surface area contributed by atoms with Crippen LogP contribution in [0.5, 0.6) is 5.75 Å². The Hall–Kier alpha value is -1.93. The topological polar surface area (TPSA) is 63.7 Å². The minimum atomic E-state index is -3.77. The van der Waals surface area contributed by atoms with Crippen molar-refractivity contribution in [3.05, 3.63) is 58.9 Å². The number of thiophene rings is 1. The molecule has 5 nitrogen and oxygen atoms in total. The molecule has 1 heterocycles. The number of esters is 1. The van der Waals surface area contributed by atoms with E-state index in [1.807, 2.05) is 30.3 Å². The molecule has 1 aromatic heterocycles. The standard InChI is InChI=1S/C17H14ClNO4S2/c1-19(25(21,22)17-9-8-15(18)24-17)11-16(20)23-14-7-6-12-4-2-3-5-13(12)10-14/h2-10H,11H2,1H3. The zero-order valence-corrected chi connectivity index (χ0v) is 15.6. The highest BCUT2D eigenvalue weighted by Crippen LogP contribution is 2.27. The summed E-state index contributed by atoms with van der Waals surface area (Å²) in [4.78, 5) is 12.1. The lowest BCUT2D eigenvalue weighted by molar-refractivity contribution is -0.134. The second-order valence-electron chi connectivity index (χ2n) is 5.30. The summed E-state index contributed by atoms with van der Waals surface area (Å²) in [6.45, 7) is -0.398. The number of hydrogen-bond acceptors (Lipinski definition) is 5. The van der Waals surface area contributed by atoms with Crippen molar-refractivity contribution < 1.29 is 17.9 Å². The van der Waals surface area contributed by atoms with Crippen molar-refractivity contribution >= 4 is 49.7 Å². The Balaban J connectivity index is 1.70. The second kappa shape index (κ2) is 7.13. The first kappa shape index (κ1) is 17.9. The minimum Gasteiger partial charge on any atom is -0.426 e. The van der Waals surface area contributed by atoms with Gasteiger partial charge in [-0.15, -0.1) is 11.3 Å². The number of ether oxygens (including phenoxy) is 1. The van der Waals surface area contributed by atoms with Gasteiger partial charge in [-0.1, -0.05) is 41.9 Å². The fourth-order valence-corrected chi connectivity index (χ4v) is 5.06. The van der Waals surface area contributed by atoms with E-state index in [4.69, 9.17) is 16.3 Å². The highest BCUT2D eigenvalue weighted by Gasteiger charge is 2.25. The number of likely N-dealkylation sites (N-methyl/N-ethyl adjacent to an activating group) is 1. The van der Waals surface area contributed by atoms with Crippen molar-refractivity contribution in [3.8, 4) is 5.75 Å². The molecule has 0 aliphatic carbocycles. The van der Waals surface area contributed by atoms with E-state index in [1.165, 1.54) is 19.2 Å². The van der Waals surface area contributed by atoms with Gasteiger partial charge >= 0.3 is 5.97 Å². The summed E-state index contributed by atoms with van der Waals surface area (Å²) < 4.78 is 31.4. The van der Waals surface area contributed by atoms with E-state index in [0.29, 0.717) is 10.1 Å². The number of sulfonamides is 1. The Morgan fingerprint density at radius 1 is 1.12 bits per heavy atom. The monoisotopic (exact) mass is 395 g/mol. The molecule has 0 atom stereocenters. The molecular formula is C17H14ClNO4S2. The molecule has 8 heteroatoms. The molecule has 0 aliphatic rings. The van der Waals surface area contributed by atoms with E-state index in [1.54, 1.807) is 12.1 Å². The van der Waals surface area contributed by atoms with Gasteiger partial charge in [0.1, 0.15) is 16.5 Å². The lowest BCUT2D eigenvalue weighted by Crippen LogP contribution is -2.33. The molecule has 0 bridgehead atoms. The van der Waals surface area contributed by atoms with Crippen LogP contribution in [-0.4, -0.2) is 32.3 Å². The van der Waals surface area contributed by atoms with Gasteiger partial charge in [0.05, 0.1) is 4.34 Å². The SMILES string of the molecule is CN(CC(=O)Oc1ccc2ccccc2c1)S(=O)(=O)c1ccc(Cl)s1. The summed E-state index contributed by atoms with van der Waals surface area (Å²) in [6.07, 6.45) is 0. The largest absolute Gasteiger partial charge is 0.426 e. The van der Waals surface area contributed by atoms with Gasteiger partial charge in [-0.05, 0) is 35.0 Å². The first-order valence-electron chi connectivity index (χ1n) is 7.27. The summed E-state index contributed by atoms with van der Waals surface area (Å²) in [5.41, 5.74) is 0. The van der Waals surface area contributed by atoms with E-state index in [-0.39, 0.29) is 4.21 Å². The Labute approximate surface area is 154 Å². The van der Waals surface area contributed by atoms with Gasteiger partial charge in [0.25, 0.3) is 10.0 Å². The number of carbonyl (C=O) groups excluding carboxylic acids is 1. The van der Waals surface area contributed by atoms with Crippen molar-refractivity contribution in [3.63, 3.8) is 0 Å². The van der Waals surface area contributed by atoms with Crippen LogP contribution in [0.3, 0.4) is 0 Å². The molecule has 0 fully saturated rings. The highest BCUT2D eigenvalue weighted by molar-refractivity contribution is 7.91. The molecule has 3 rings (SSSR count). The van der Waals surface area contributed by atoms with Crippen LogP contribution < -0.4 is 4.74 Å². The van der Waals surface area contributed by atoms with E-state index >= 15 is 0 Å². The number of hydrogen-bond donors (Lipinski definition) is 0. The zero-order chi connectivity index (χ0) is 18.0. The normalized spacial score (nSPS) is 11.8. The van der Waals surface area contributed by atoms with Gasteiger partial charge in [0.15, 0.2) is 0 Å². The van der Waals surface area contributed by atoms with Crippen LogP contribution in [-0.2, 0) is 14.8 Å². The van der Waals surface area contributed by atoms with E-state index in [0.717, 1.165) is 26.4 Å². The lowest BCUT2D eigenvalue weighted by Gasteiger charge is -2.15. The zero-order valence-electron chi connectivity index (χ0n) is 13.2. The molecule has 0 spiro atoms. The van der Waals surface area contributed by atoms with Gasteiger partial charge in [-0.2, -0.15) is 4.31 Å². The average molecular weight is 396 g/mol. The Kier molecular flexibility index (Phi) is 5.10. The maximum absolute atomic E-state index is 12.4. The van der Waals surface area contributed by atoms with Crippen LogP contribution in [0, 0.1) is 0 Å². The quantitative estimate of drug-likeness (QED) is 0.487. The van der Waals surface area contributed by atoms with Crippen molar-refractivity contribution in [2.75, 3.05) is 13.6 Å². The summed E-state index contributed by atoms with van der Waals surface area (Å²) in [5, 5.41) is 1.96. The Morgan fingerprint density at radius 3 is 2.52 bits per heavy atom. The molecular weight excluding hydrogens is 382 g/mol. The van der Waals surface area contributed by atoms with Crippen LogP contribution in [0.25, 0.3) is 10.8 Å². The van der Waals surface area contributed by atoms with Crippen molar-refractivity contribution in [2.24, 2.45) is 0 Å². The molecule has 0 saturated heterocycles. The van der Waals surface area contributed by atoms with Crippen LogP contribution in [0.15, 0.2) is 58.8 Å². The summed E-state index contributed by atoms with van der Waals surface area (Å²) in [5.74, 6) is -0.294. The number of halogens is 1. The second-order valence-corrected chi connectivity index (χ2v) is 9.29. The molecule has 130 valence electrons. The number of benzene rings is 2. The number of fused-ring (bicyclic) bond motifs is 1. The molecule has 0 unspecified atom stereocenters. The number of rotatable bonds is 5. The molecule has 3 aromatic rings. The van der Waals surface area contributed by atoms with Gasteiger partial charge in [-0.25, -0.2) is 8.42 Å². The molecule has 0 N–H and O–H groups in total. The van der Waals surface area contributed by atoms with Crippen molar-refractivity contribution in [1.29, 1.82) is 0 Å². The first-order chi connectivity index (χ1) is 11.9. The van der Waals surface area contributed by atoms with Gasteiger partial charge in [0, 0.05) is 7.05 Å². The average Bonchev–Trinajstić information content (AvgIpc) is 3.02. The maximum Gasteiger partial charge on any atom is 0.326 e. The third-order valence-electron chi connectivity index (χ3n) is 3.52. The molecule has 0 amide bonds. The van der Waals surface area contributed by atoms with Crippen LogP contribution >= 0.6 is 22.9 Å². The third kappa shape index (κ3) is 4.01. The molecule has 2 aromatic carbocycles. The lowest BCUT2D eigenvalue weighted by atomic mass is 10.1. The number of nitrogens with zero attached hydrogens (tertiary/aromatic N) is 1. The summed E-state index contributed by atoms with van der Waals surface area (Å²) in [6, 6.07) is 15.8. The predicted molar refractivity (Wildman–Crippen MR) is 98.7 cm³/mol. The smallest absolute Gasteiger partial charge is 0.326 e. The van der Waals surface area contributed by atoms with Crippen molar-refractivity contribution in [1.82, 2.24) is 4.31 Å². The van der Waals surface area contributed by atoms with Crippen LogP contribution in [0.4, 0.5) is 0 Å². The fourth-order valence-electron chi connectivity index (χ4n) is 2.25. The predicted octanol–water partition coefficient (Wildman–Crippen LogP) is 3.78. The maximum atomic E-state index is 12.4. The highest BCUT2D eigenvalue weighted by atomic mass is 35.5. The van der Waals surface area contributed by atoms with Crippen LogP contribution in [0.2, 0.25) is 4.34 Å². The van der Waals surface area contributed by atoms with E-state index < -0.39 is 22.5 Å². The Bertz CT molecular complexity index is 1030. The van der Waals surface area contributed by atoms with Gasteiger partial charge in [0.2, 0.25) is 0 Å². The third-order valence-corrected chi connectivity index (χ3v) is 7.02. The molecule has 0 radical (unpaired) electrons. The summed E-state index contributed by atoms with van der Waals surface area (Å²) in [7, 11) is -2.45. The summed E-state index contributed by atoms with van der Waals surface area (Å²) >= 11 is 6.71. The minimum absolute atomic E-state index is 0.0819. The number of carbonyl (C=O) groups is 1. The molecule has 0 saturated carbocycles. The Morgan fingerprint density at radius 2 is 1.84 bits per heavy atom. The molecule has 25 heavy (non-hydrogen) atoms. The van der Waals surface area contributed by atoms with Crippen molar-refractivity contribution in [2.45, 2.75) is 4.21 Å². The molecule has 0 aliphatic heterocycles. The first-order valence-corrected chi connectivity index (χ1v) is 9.91. The van der Waals surface area contributed by atoms with E-state index in [2.05, 4.69) is 0 Å².